The van der Waals surface area contributed by atoms with Crippen LogP contribution in [0.1, 0.15) is 43.0 Å². The number of aromatic nitrogens is 1. The van der Waals surface area contributed by atoms with E-state index in [1.807, 2.05) is 25.3 Å². The number of sulfonamides is 1. The van der Waals surface area contributed by atoms with Crippen LogP contribution in [-0.2, 0) is 14.8 Å². The number of carbonyl (C=O) groups excluding carboxylic acids is 1. The number of ether oxygens (including phenoxy) is 1. The fourth-order valence-electron chi connectivity index (χ4n) is 5.24. The molecule has 210 valence electrons. The van der Waals surface area contributed by atoms with Crippen LogP contribution in [0.15, 0.2) is 52.3 Å². The molecule has 1 atom stereocenters. The Bertz CT molecular complexity index is 1390. The van der Waals surface area contributed by atoms with Crippen LogP contribution < -0.4 is 4.90 Å². The molecule has 3 heterocycles. The summed E-state index contributed by atoms with van der Waals surface area (Å²) in [6.07, 6.45) is 5.67. The topological polar surface area (TPSA) is 83.1 Å². The standard InChI is InChI=1S/C28H36N4O4S3/c1-3-22-6-4-5-13-32(22)39(34,35)24-10-7-21(8-11-24)27(33)31(15-14-30-16-18-36-19-17-30)28-29-25-12-9-23(37-2)20-26(25)38-28/h7-12,20,22H,3-6,13-19H2,1-2H3. The van der Waals surface area contributed by atoms with Crippen LogP contribution >= 0.6 is 23.1 Å². The summed E-state index contributed by atoms with van der Waals surface area (Å²) in [5.74, 6) is -0.180. The van der Waals surface area contributed by atoms with E-state index in [1.165, 1.54) is 11.3 Å². The van der Waals surface area contributed by atoms with Gasteiger partial charge in [-0.25, -0.2) is 13.4 Å². The zero-order valence-electron chi connectivity index (χ0n) is 22.5. The molecular weight excluding hydrogens is 553 g/mol. The molecule has 0 spiro atoms. The van der Waals surface area contributed by atoms with E-state index in [1.54, 1.807) is 45.2 Å². The van der Waals surface area contributed by atoms with Gasteiger partial charge < -0.3 is 4.74 Å². The summed E-state index contributed by atoms with van der Waals surface area (Å²) in [4.78, 5) is 24.1. The quantitative estimate of drug-likeness (QED) is 0.327. The molecule has 3 aromatic rings. The molecule has 8 nitrogen and oxygen atoms in total. The number of thioether (sulfide) groups is 1. The SMILES string of the molecule is CCC1CCCCN1S(=O)(=O)c1ccc(C(=O)N(CCN2CCOCC2)c2nc3ccc(SC)cc3s2)cc1. The number of rotatable bonds is 9. The molecule has 11 heteroatoms. The number of hydrogen-bond acceptors (Lipinski definition) is 8. The molecule has 2 aromatic carbocycles. The van der Waals surface area contributed by atoms with Crippen LogP contribution in [0.4, 0.5) is 5.13 Å². The van der Waals surface area contributed by atoms with Gasteiger partial charge in [0.1, 0.15) is 0 Å². The van der Waals surface area contributed by atoms with Crippen molar-refractivity contribution in [2.24, 2.45) is 0 Å². The molecule has 1 amide bonds. The summed E-state index contributed by atoms with van der Waals surface area (Å²) in [7, 11) is -3.61. The van der Waals surface area contributed by atoms with E-state index in [2.05, 4.69) is 11.0 Å². The van der Waals surface area contributed by atoms with Crippen molar-refractivity contribution in [2.75, 3.05) is 57.1 Å². The molecule has 0 bridgehead atoms. The van der Waals surface area contributed by atoms with Gasteiger partial charge in [-0.1, -0.05) is 24.7 Å². The molecule has 0 saturated carbocycles. The highest BCUT2D eigenvalue weighted by Gasteiger charge is 2.33. The van der Waals surface area contributed by atoms with E-state index in [-0.39, 0.29) is 16.8 Å². The highest BCUT2D eigenvalue weighted by atomic mass is 32.2. The van der Waals surface area contributed by atoms with E-state index in [4.69, 9.17) is 9.72 Å². The van der Waals surface area contributed by atoms with Gasteiger partial charge in [0.25, 0.3) is 5.91 Å². The smallest absolute Gasteiger partial charge is 0.260 e. The largest absolute Gasteiger partial charge is 0.379 e. The van der Waals surface area contributed by atoms with Crippen molar-refractivity contribution in [1.82, 2.24) is 14.2 Å². The van der Waals surface area contributed by atoms with E-state index < -0.39 is 10.0 Å². The second-order valence-electron chi connectivity index (χ2n) is 9.94. The van der Waals surface area contributed by atoms with Crippen molar-refractivity contribution in [3.63, 3.8) is 0 Å². The lowest BCUT2D eigenvalue weighted by Crippen LogP contribution is -2.43. The molecule has 2 aliphatic heterocycles. The molecule has 1 unspecified atom stereocenters. The zero-order valence-corrected chi connectivity index (χ0v) is 25.0. The predicted molar refractivity (Wildman–Crippen MR) is 159 cm³/mol. The van der Waals surface area contributed by atoms with Crippen LogP contribution in [0.2, 0.25) is 0 Å². The van der Waals surface area contributed by atoms with Crippen LogP contribution in [0, 0.1) is 0 Å². The van der Waals surface area contributed by atoms with Crippen molar-refractivity contribution in [3.05, 3.63) is 48.0 Å². The molecule has 0 radical (unpaired) electrons. The highest BCUT2D eigenvalue weighted by Crippen LogP contribution is 2.33. The number of piperidine rings is 1. The van der Waals surface area contributed by atoms with Crippen molar-refractivity contribution in [2.45, 2.75) is 48.4 Å². The molecule has 0 N–H and O–H groups in total. The third kappa shape index (κ3) is 6.34. The lowest BCUT2D eigenvalue weighted by Gasteiger charge is -2.34. The van der Waals surface area contributed by atoms with Gasteiger partial charge in [0.05, 0.1) is 28.3 Å². The first-order valence-electron chi connectivity index (χ1n) is 13.6. The third-order valence-corrected chi connectivity index (χ3v) is 11.3. The monoisotopic (exact) mass is 588 g/mol. The molecule has 2 aliphatic rings. The number of fused-ring (bicyclic) bond motifs is 1. The van der Waals surface area contributed by atoms with Gasteiger partial charge in [-0.05, 0) is 68.0 Å². The first-order chi connectivity index (χ1) is 18.9. The number of thiazole rings is 1. The maximum Gasteiger partial charge on any atom is 0.260 e. The highest BCUT2D eigenvalue weighted by molar-refractivity contribution is 7.98. The number of hydrogen-bond donors (Lipinski definition) is 0. The number of morpholine rings is 1. The summed E-state index contributed by atoms with van der Waals surface area (Å²) in [5.41, 5.74) is 1.32. The summed E-state index contributed by atoms with van der Waals surface area (Å²) in [6.45, 7) is 6.84. The molecule has 5 rings (SSSR count). The minimum Gasteiger partial charge on any atom is -0.379 e. The number of carbonyl (C=O) groups is 1. The summed E-state index contributed by atoms with van der Waals surface area (Å²) >= 11 is 3.18. The maximum atomic E-state index is 13.9. The maximum absolute atomic E-state index is 13.9. The van der Waals surface area contributed by atoms with Gasteiger partial charge >= 0.3 is 0 Å². The fraction of sp³-hybridized carbons (Fsp3) is 0.500. The van der Waals surface area contributed by atoms with Gasteiger partial charge in [0.2, 0.25) is 10.0 Å². The minimum atomic E-state index is -3.61. The Balaban J connectivity index is 1.41. The van der Waals surface area contributed by atoms with Crippen LogP contribution in [0.3, 0.4) is 0 Å². The van der Waals surface area contributed by atoms with Crippen LogP contribution in [0.25, 0.3) is 10.2 Å². The Hall–Kier alpha value is -2.02. The van der Waals surface area contributed by atoms with Crippen molar-refractivity contribution in [1.29, 1.82) is 0 Å². The third-order valence-electron chi connectivity index (χ3n) is 7.56. The van der Waals surface area contributed by atoms with E-state index in [0.29, 0.717) is 43.5 Å². The van der Waals surface area contributed by atoms with Crippen molar-refractivity contribution in [3.8, 4) is 0 Å². The molecule has 0 aliphatic carbocycles. The molecule has 2 fully saturated rings. The molecule has 2 saturated heterocycles. The Labute approximate surface area is 239 Å². The van der Waals surface area contributed by atoms with E-state index in [9.17, 15) is 13.2 Å². The average Bonchev–Trinajstić information content (AvgIpc) is 3.40. The van der Waals surface area contributed by atoms with Crippen molar-refractivity contribution >= 4 is 54.4 Å². The Morgan fingerprint density at radius 1 is 1.13 bits per heavy atom. The number of amides is 1. The van der Waals surface area contributed by atoms with Crippen LogP contribution in [0.5, 0.6) is 0 Å². The van der Waals surface area contributed by atoms with Gasteiger partial charge in [0, 0.05) is 49.2 Å². The molecular formula is C28H36N4O4S3. The Morgan fingerprint density at radius 3 is 2.62 bits per heavy atom. The molecule has 39 heavy (non-hydrogen) atoms. The summed E-state index contributed by atoms with van der Waals surface area (Å²) in [5, 5.41) is 0.650. The van der Waals surface area contributed by atoms with Gasteiger partial charge in [0.15, 0.2) is 5.13 Å². The lowest BCUT2D eigenvalue weighted by atomic mass is 10.0. The minimum absolute atomic E-state index is 0.0337. The number of nitrogens with zero attached hydrogens (tertiary/aromatic N) is 4. The summed E-state index contributed by atoms with van der Waals surface area (Å²) in [6, 6.07) is 12.6. The normalized spacial score (nSPS) is 19.4. The van der Waals surface area contributed by atoms with E-state index in [0.717, 1.165) is 53.9 Å². The first kappa shape index (κ1) is 28.5. The second kappa shape index (κ2) is 12.7. The number of benzene rings is 2. The molecule has 1 aromatic heterocycles. The first-order valence-corrected chi connectivity index (χ1v) is 17.1. The van der Waals surface area contributed by atoms with Crippen LogP contribution in [-0.4, -0.2) is 86.7 Å². The zero-order chi connectivity index (χ0) is 27.4. The number of anilines is 1. The Morgan fingerprint density at radius 2 is 1.90 bits per heavy atom. The fourth-order valence-corrected chi connectivity index (χ4v) is 8.56. The predicted octanol–water partition coefficient (Wildman–Crippen LogP) is 4.95. The van der Waals surface area contributed by atoms with Gasteiger partial charge in [-0.15, -0.1) is 11.8 Å². The van der Waals surface area contributed by atoms with Crippen molar-refractivity contribution < 1.29 is 17.9 Å². The van der Waals surface area contributed by atoms with E-state index >= 15 is 0 Å². The lowest BCUT2D eigenvalue weighted by molar-refractivity contribution is 0.0391. The Kier molecular flexibility index (Phi) is 9.25. The second-order valence-corrected chi connectivity index (χ2v) is 13.7. The summed E-state index contributed by atoms with van der Waals surface area (Å²) < 4.78 is 35.0. The average molecular weight is 589 g/mol. The van der Waals surface area contributed by atoms with Gasteiger partial charge in [-0.2, -0.15) is 4.31 Å². The van der Waals surface area contributed by atoms with Gasteiger partial charge in [-0.3, -0.25) is 14.6 Å².